The molecule has 2 aromatic heterocycles. The average Bonchev–Trinajstić information content (AvgIpc) is 3.16. The van der Waals surface area contributed by atoms with E-state index in [1.165, 1.54) is 4.90 Å². The highest BCUT2D eigenvalue weighted by atomic mass is 16.4. The van der Waals surface area contributed by atoms with Crippen molar-refractivity contribution in [2.24, 2.45) is 5.41 Å². The molecule has 1 saturated heterocycles. The van der Waals surface area contributed by atoms with Gasteiger partial charge in [-0.25, -0.2) is 19.7 Å². The Morgan fingerprint density at radius 1 is 1.08 bits per heavy atom. The number of H-pyrrole nitrogens is 1. The fraction of sp³-hybridized carbons (Fsp3) is 0.345. The number of carbonyl (C=O) groups excluding carboxylic acids is 1. The van der Waals surface area contributed by atoms with E-state index < -0.39 is 6.09 Å². The van der Waals surface area contributed by atoms with Crippen LogP contribution in [-0.4, -0.2) is 72.5 Å². The van der Waals surface area contributed by atoms with Crippen LogP contribution in [0.25, 0.3) is 33.8 Å². The summed E-state index contributed by atoms with van der Waals surface area (Å²) in [4.78, 5) is 45.5. The number of aromatic nitrogens is 4. The Bertz CT molecular complexity index is 1540. The Hall–Kier alpha value is -4.47. The van der Waals surface area contributed by atoms with Crippen molar-refractivity contribution in [3.05, 3.63) is 59.8 Å². The fourth-order valence-corrected chi connectivity index (χ4v) is 5.05. The number of rotatable bonds is 3. The quantitative estimate of drug-likeness (QED) is 0.347. The van der Waals surface area contributed by atoms with Gasteiger partial charge in [-0.1, -0.05) is 39.0 Å². The van der Waals surface area contributed by atoms with Crippen LogP contribution in [0.2, 0.25) is 0 Å². The fourth-order valence-electron chi connectivity index (χ4n) is 5.05. The molecule has 1 aliphatic rings. The molecule has 5 rings (SSSR count). The van der Waals surface area contributed by atoms with Gasteiger partial charge in [0.1, 0.15) is 5.69 Å². The summed E-state index contributed by atoms with van der Waals surface area (Å²) in [5.41, 5.74) is 11.1. The topological polar surface area (TPSA) is 141 Å². The maximum absolute atomic E-state index is 13.4. The van der Waals surface area contributed by atoms with E-state index in [9.17, 15) is 14.7 Å². The number of imidazole rings is 1. The van der Waals surface area contributed by atoms with Crippen molar-refractivity contribution in [1.82, 2.24) is 29.7 Å². The lowest BCUT2D eigenvalue weighted by atomic mass is 9.85. The van der Waals surface area contributed by atoms with Gasteiger partial charge in [0.25, 0.3) is 5.91 Å². The van der Waals surface area contributed by atoms with Gasteiger partial charge >= 0.3 is 6.09 Å². The van der Waals surface area contributed by atoms with Gasteiger partial charge in [0.05, 0.1) is 29.0 Å². The lowest BCUT2D eigenvalue weighted by Crippen LogP contribution is -2.51. The molecule has 2 aromatic carbocycles. The summed E-state index contributed by atoms with van der Waals surface area (Å²) < 4.78 is 0. The number of nitrogens with zero attached hydrogens (tertiary/aromatic N) is 5. The summed E-state index contributed by atoms with van der Waals surface area (Å²) in [6.07, 6.45) is 1.25. The first-order chi connectivity index (χ1) is 18.5. The van der Waals surface area contributed by atoms with Crippen LogP contribution in [0.5, 0.6) is 0 Å². The smallest absolute Gasteiger partial charge is 0.407 e. The summed E-state index contributed by atoms with van der Waals surface area (Å²) in [5, 5.41) is 9.73. The molecule has 0 spiro atoms. The van der Waals surface area contributed by atoms with Crippen LogP contribution in [0.4, 0.5) is 10.6 Å². The minimum Gasteiger partial charge on any atom is -0.465 e. The molecular weight excluding hydrogens is 494 g/mol. The summed E-state index contributed by atoms with van der Waals surface area (Å²) in [7, 11) is 0. The van der Waals surface area contributed by atoms with Crippen LogP contribution in [0.15, 0.2) is 48.7 Å². The largest absolute Gasteiger partial charge is 0.465 e. The van der Waals surface area contributed by atoms with Gasteiger partial charge < -0.3 is 25.6 Å². The Labute approximate surface area is 226 Å². The predicted molar refractivity (Wildman–Crippen MR) is 150 cm³/mol. The van der Waals surface area contributed by atoms with E-state index in [0.29, 0.717) is 48.8 Å². The van der Waals surface area contributed by atoms with Crippen molar-refractivity contribution in [3.8, 4) is 22.8 Å². The number of anilines is 1. The Morgan fingerprint density at radius 2 is 1.82 bits per heavy atom. The van der Waals surface area contributed by atoms with E-state index >= 15 is 0 Å². The van der Waals surface area contributed by atoms with Gasteiger partial charge in [-0.2, -0.15) is 0 Å². The third-order valence-corrected chi connectivity index (χ3v) is 7.22. The highest BCUT2D eigenvalue weighted by molar-refractivity contribution is 5.95. The van der Waals surface area contributed by atoms with Crippen molar-refractivity contribution < 1.29 is 14.7 Å². The molecule has 3 heterocycles. The number of nitrogens with two attached hydrogens (primary N) is 1. The third kappa shape index (κ3) is 5.27. The molecular formula is C29H33N7O3. The van der Waals surface area contributed by atoms with Crippen molar-refractivity contribution in [2.75, 3.05) is 25.4 Å². The van der Waals surface area contributed by atoms with Crippen LogP contribution in [0.3, 0.4) is 0 Å². The lowest BCUT2D eigenvalue weighted by Gasteiger charge is -2.38. The van der Waals surface area contributed by atoms with Crippen LogP contribution < -0.4 is 5.73 Å². The van der Waals surface area contributed by atoms with Crippen molar-refractivity contribution >= 4 is 28.9 Å². The molecule has 4 N–H and O–H groups in total. The minimum absolute atomic E-state index is 0.121. The van der Waals surface area contributed by atoms with Gasteiger partial charge in [0.2, 0.25) is 0 Å². The first-order valence-corrected chi connectivity index (χ1v) is 13.0. The van der Waals surface area contributed by atoms with Crippen LogP contribution in [0.1, 0.15) is 43.1 Å². The van der Waals surface area contributed by atoms with Gasteiger partial charge in [0.15, 0.2) is 11.6 Å². The molecule has 10 heteroatoms. The summed E-state index contributed by atoms with van der Waals surface area (Å²) in [5.74, 6) is 0.690. The van der Waals surface area contributed by atoms with Gasteiger partial charge in [-0.3, -0.25) is 4.79 Å². The number of carbonyl (C=O) groups is 2. The number of aryl methyl sites for hydroxylation is 1. The third-order valence-electron chi connectivity index (χ3n) is 7.22. The number of carboxylic acid groups (broad SMARTS) is 1. The second-order valence-electron chi connectivity index (χ2n) is 11.1. The SMILES string of the molecule is Cc1ccc2nc(-c3nc(-c4ccc(C(=O)N5CCCN(C(=O)O)C(C(C)(C)C)C5)cc4)cnc3N)[nH]c2c1. The highest BCUT2D eigenvalue weighted by Gasteiger charge is 2.37. The molecule has 1 aliphatic heterocycles. The molecule has 1 unspecified atom stereocenters. The first kappa shape index (κ1) is 26.1. The lowest BCUT2D eigenvalue weighted by molar-refractivity contribution is 0.0598. The summed E-state index contributed by atoms with van der Waals surface area (Å²) in [6.45, 7) is 9.29. The maximum atomic E-state index is 13.4. The normalized spacial score (nSPS) is 16.4. The molecule has 4 aromatic rings. The summed E-state index contributed by atoms with van der Waals surface area (Å²) >= 11 is 0. The zero-order valence-electron chi connectivity index (χ0n) is 22.6. The number of fused-ring (bicyclic) bond motifs is 1. The molecule has 0 bridgehead atoms. The molecule has 0 radical (unpaired) electrons. The highest BCUT2D eigenvalue weighted by Crippen LogP contribution is 2.29. The molecule has 0 saturated carbocycles. The van der Waals surface area contributed by atoms with Crippen molar-refractivity contribution in [1.29, 1.82) is 0 Å². The van der Waals surface area contributed by atoms with Crippen LogP contribution in [0, 0.1) is 12.3 Å². The molecule has 1 fully saturated rings. The second kappa shape index (κ2) is 10.0. The van der Waals surface area contributed by atoms with Gasteiger partial charge in [0, 0.05) is 30.8 Å². The van der Waals surface area contributed by atoms with E-state index in [1.807, 2.05) is 58.0 Å². The Kier molecular flexibility index (Phi) is 6.71. The van der Waals surface area contributed by atoms with Crippen molar-refractivity contribution in [2.45, 2.75) is 40.2 Å². The van der Waals surface area contributed by atoms with Crippen molar-refractivity contribution in [3.63, 3.8) is 0 Å². The van der Waals surface area contributed by atoms with Gasteiger partial charge in [-0.05, 0) is 48.6 Å². The minimum atomic E-state index is -0.949. The zero-order valence-corrected chi connectivity index (χ0v) is 22.6. The molecule has 202 valence electrons. The monoisotopic (exact) mass is 527 g/mol. The first-order valence-electron chi connectivity index (χ1n) is 13.0. The van der Waals surface area contributed by atoms with Crippen LogP contribution in [-0.2, 0) is 0 Å². The predicted octanol–water partition coefficient (Wildman–Crippen LogP) is 4.82. The number of benzene rings is 2. The van der Waals surface area contributed by atoms with E-state index in [0.717, 1.165) is 22.2 Å². The van der Waals surface area contributed by atoms with E-state index in [4.69, 9.17) is 10.7 Å². The van der Waals surface area contributed by atoms with E-state index in [-0.39, 0.29) is 23.2 Å². The maximum Gasteiger partial charge on any atom is 0.407 e. The number of amides is 2. The van der Waals surface area contributed by atoms with E-state index in [1.54, 1.807) is 23.2 Å². The molecule has 10 nitrogen and oxygen atoms in total. The van der Waals surface area contributed by atoms with Gasteiger partial charge in [-0.15, -0.1) is 0 Å². The molecule has 39 heavy (non-hydrogen) atoms. The second-order valence-corrected chi connectivity index (χ2v) is 11.1. The number of hydrogen-bond donors (Lipinski definition) is 3. The Balaban J connectivity index is 1.39. The number of hydrogen-bond acceptors (Lipinski definition) is 6. The zero-order chi connectivity index (χ0) is 27.9. The molecule has 2 amide bonds. The number of aromatic amines is 1. The molecule has 0 aliphatic carbocycles. The standard InChI is InChI=1S/C29H33N7O3/c1-17-6-11-20-21(14-17)34-26(33-20)24-25(30)31-15-22(32-24)18-7-9-19(10-8-18)27(37)35-12-5-13-36(28(38)39)23(16-35)29(2,3)4/h6-11,14-15,23H,5,12-13,16H2,1-4H3,(H2,30,31)(H,33,34)(H,38,39). The van der Waals surface area contributed by atoms with Crippen LogP contribution >= 0.6 is 0 Å². The summed E-state index contributed by atoms with van der Waals surface area (Å²) in [6, 6.07) is 12.9. The molecule has 1 atom stereocenters. The average molecular weight is 528 g/mol. The Morgan fingerprint density at radius 3 is 2.51 bits per heavy atom. The van der Waals surface area contributed by atoms with E-state index in [2.05, 4.69) is 15.0 Å². The number of nitrogens with one attached hydrogen (secondary N) is 1. The number of nitrogen functional groups attached to an aromatic ring is 1.